The zero-order valence-electron chi connectivity index (χ0n) is 35.8. The number of likely N-dealkylation sites (N-methyl/N-ethyl adjacent to an activating group) is 1. The molecule has 1 rings (SSSR count). The van der Waals surface area contributed by atoms with Crippen LogP contribution in [0.5, 0.6) is 0 Å². The number of phosphoric ester groups is 1. The molecule has 0 amide bonds. The maximum atomic E-state index is 13.4. The average molecular weight is 763 g/mol. The maximum absolute atomic E-state index is 13.4. The van der Waals surface area contributed by atoms with Crippen LogP contribution >= 0.6 is 7.82 Å². The Kier molecular flexibility index (Phi) is 26.6. The van der Waals surface area contributed by atoms with Crippen molar-refractivity contribution in [1.82, 2.24) is 0 Å². The van der Waals surface area contributed by atoms with Gasteiger partial charge in [-0.1, -0.05) is 159 Å². The van der Waals surface area contributed by atoms with Crippen LogP contribution in [0, 0.1) is 5.41 Å². The van der Waals surface area contributed by atoms with Crippen LogP contribution in [-0.2, 0) is 27.7 Å². The molecule has 0 radical (unpaired) electrons. The zero-order chi connectivity index (χ0) is 39.4. The highest BCUT2D eigenvalue weighted by Crippen LogP contribution is 2.49. The first-order valence-electron chi connectivity index (χ1n) is 21.1. The highest BCUT2D eigenvalue weighted by atomic mass is 31.2. The molecule has 0 bridgehead atoms. The van der Waals surface area contributed by atoms with Gasteiger partial charge in [-0.15, -0.1) is 0 Å². The zero-order valence-corrected chi connectivity index (χ0v) is 36.7. The van der Waals surface area contributed by atoms with Crippen LogP contribution in [0.1, 0.15) is 164 Å². The molecule has 1 aliphatic carbocycles. The molecular weight excluding hydrogens is 681 g/mol. The van der Waals surface area contributed by atoms with E-state index in [4.69, 9.17) is 18.3 Å². The molecular formula is C45H81NO6P+. The summed E-state index contributed by atoms with van der Waals surface area (Å²) >= 11 is 0. The molecule has 0 heterocycles. The molecule has 1 unspecified atom stereocenters. The van der Waals surface area contributed by atoms with Gasteiger partial charge in [0.15, 0.2) is 0 Å². The number of esters is 1. The summed E-state index contributed by atoms with van der Waals surface area (Å²) in [6, 6.07) is 0. The lowest BCUT2D eigenvalue weighted by molar-refractivity contribution is -0.870. The summed E-state index contributed by atoms with van der Waals surface area (Å²) in [5.74, 6) is -0.479. The van der Waals surface area contributed by atoms with Crippen molar-refractivity contribution >= 4 is 13.8 Å². The fourth-order valence-electron chi connectivity index (χ4n) is 6.56. The number of unbranched alkanes of at least 4 members (excludes halogenated alkanes) is 15. The number of hydrogen-bond acceptors (Lipinski definition) is 6. The SMILES string of the molecule is CCCCCCCCCCCCCCCCCCOP(=O)(OCCOC(=O)/C=C(C)/C=C/C=C(C)/C=C/C1=C(C)CCCC1(C)C)OCC[N+](C)(C)C. The van der Waals surface area contributed by atoms with Gasteiger partial charge in [-0.05, 0) is 63.0 Å². The van der Waals surface area contributed by atoms with E-state index in [2.05, 4.69) is 46.8 Å². The Balaban J connectivity index is 2.37. The Bertz CT molecular complexity index is 1210. The van der Waals surface area contributed by atoms with Crippen molar-refractivity contribution in [1.29, 1.82) is 0 Å². The number of carbonyl (C=O) groups excluding carboxylic acids is 1. The molecule has 0 fully saturated rings. The monoisotopic (exact) mass is 763 g/mol. The molecule has 0 spiro atoms. The summed E-state index contributed by atoms with van der Waals surface area (Å²) in [5, 5.41) is 0. The lowest BCUT2D eigenvalue weighted by Crippen LogP contribution is -2.37. The smallest absolute Gasteiger partial charge is 0.460 e. The second-order valence-electron chi connectivity index (χ2n) is 16.9. The number of rotatable bonds is 31. The molecule has 0 N–H and O–H groups in total. The van der Waals surface area contributed by atoms with Gasteiger partial charge in [-0.3, -0.25) is 13.6 Å². The van der Waals surface area contributed by atoms with Crippen molar-refractivity contribution in [3.63, 3.8) is 0 Å². The highest BCUT2D eigenvalue weighted by Gasteiger charge is 2.28. The third kappa shape index (κ3) is 26.6. The lowest BCUT2D eigenvalue weighted by Gasteiger charge is -2.32. The van der Waals surface area contributed by atoms with Gasteiger partial charge in [0.1, 0.15) is 19.8 Å². The molecule has 8 heteroatoms. The second kappa shape index (κ2) is 28.6. The van der Waals surface area contributed by atoms with Gasteiger partial charge in [0.25, 0.3) is 0 Å². The number of carbonyl (C=O) groups is 1. The van der Waals surface area contributed by atoms with Crippen LogP contribution in [0.3, 0.4) is 0 Å². The summed E-state index contributed by atoms with van der Waals surface area (Å²) < 4.78 is 36.3. The predicted molar refractivity (Wildman–Crippen MR) is 225 cm³/mol. The first-order chi connectivity index (χ1) is 25.2. The van der Waals surface area contributed by atoms with Gasteiger partial charge in [-0.2, -0.15) is 0 Å². The largest absolute Gasteiger partial charge is 0.475 e. The first-order valence-corrected chi connectivity index (χ1v) is 22.6. The summed E-state index contributed by atoms with van der Waals surface area (Å²) in [6.45, 7) is 14.2. The molecule has 0 aromatic heterocycles. The van der Waals surface area contributed by atoms with E-state index >= 15 is 0 Å². The van der Waals surface area contributed by atoms with Gasteiger partial charge in [0, 0.05) is 6.08 Å². The Morgan fingerprint density at radius 1 is 0.736 bits per heavy atom. The summed E-state index contributed by atoms with van der Waals surface area (Å²) in [5.41, 5.74) is 5.05. The molecule has 0 aromatic rings. The van der Waals surface area contributed by atoms with Crippen molar-refractivity contribution in [2.75, 3.05) is 54.1 Å². The number of quaternary nitrogens is 1. The second-order valence-corrected chi connectivity index (χ2v) is 18.5. The highest BCUT2D eigenvalue weighted by molar-refractivity contribution is 7.48. The standard InChI is InChI=1S/C45H81NO6P/c1-10-11-12-13-14-15-16-17-18-19-20-21-22-23-24-25-35-50-53(48,51-36-34-46(7,8)9)52-38-37-49-44(47)39-41(3)29-26-28-40(2)31-32-43-42(4)30-27-33-45(43,5)6/h26,28-29,31-32,39H,10-25,27,30,33-38H2,1-9H3/q+1/b29-26+,32-31+,40-28+,41-39+. The van der Waals surface area contributed by atoms with E-state index in [0.29, 0.717) is 17.6 Å². The minimum atomic E-state index is -3.78. The fourth-order valence-corrected chi connectivity index (χ4v) is 7.74. The fraction of sp³-hybridized carbons (Fsp3) is 0.756. The Morgan fingerprint density at radius 3 is 1.81 bits per heavy atom. The third-order valence-corrected chi connectivity index (χ3v) is 11.5. The van der Waals surface area contributed by atoms with Crippen LogP contribution in [0.2, 0.25) is 0 Å². The third-order valence-electron chi connectivity index (χ3n) is 9.95. The molecule has 0 saturated carbocycles. The normalized spacial score (nSPS) is 16.9. The van der Waals surface area contributed by atoms with Crippen LogP contribution in [0.25, 0.3) is 0 Å². The van der Waals surface area contributed by atoms with Crippen LogP contribution in [0.4, 0.5) is 0 Å². The summed E-state index contributed by atoms with van der Waals surface area (Å²) in [7, 11) is 2.36. The molecule has 1 aliphatic rings. The lowest BCUT2D eigenvalue weighted by atomic mass is 9.72. The number of nitrogens with zero attached hydrogens (tertiary/aromatic N) is 1. The Hall–Kier alpha value is -1.76. The van der Waals surface area contributed by atoms with E-state index in [0.717, 1.165) is 30.4 Å². The van der Waals surface area contributed by atoms with Gasteiger partial charge in [0.2, 0.25) is 0 Å². The minimum Gasteiger partial charge on any atom is -0.460 e. The molecule has 7 nitrogen and oxygen atoms in total. The Labute approximate surface area is 326 Å². The number of ether oxygens (including phenoxy) is 1. The maximum Gasteiger partial charge on any atom is 0.475 e. The number of allylic oxidation sites excluding steroid dienone is 9. The van der Waals surface area contributed by atoms with Gasteiger partial charge >= 0.3 is 13.8 Å². The molecule has 1 atom stereocenters. The van der Waals surface area contributed by atoms with Gasteiger partial charge in [-0.25, -0.2) is 9.36 Å². The van der Waals surface area contributed by atoms with Crippen LogP contribution in [-0.4, -0.2) is 64.6 Å². The van der Waals surface area contributed by atoms with Crippen molar-refractivity contribution in [3.05, 3.63) is 58.7 Å². The molecule has 53 heavy (non-hydrogen) atoms. The van der Waals surface area contributed by atoms with E-state index in [9.17, 15) is 9.36 Å². The van der Waals surface area contributed by atoms with Crippen molar-refractivity contribution in [2.24, 2.45) is 5.41 Å². The van der Waals surface area contributed by atoms with E-state index in [1.807, 2.05) is 46.3 Å². The van der Waals surface area contributed by atoms with Crippen LogP contribution < -0.4 is 0 Å². The average Bonchev–Trinajstić information content (AvgIpc) is 3.07. The topological polar surface area (TPSA) is 71.1 Å². The quantitative estimate of drug-likeness (QED) is 0.0175. The summed E-state index contributed by atoms with van der Waals surface area (Å²) in [4.78, 5) is 12.4. The molecule has 306 valence electrons. The summed E-state index contributed by atoms with van der Waals surface area (Å²) in [6.07, 6.45) is 36.0. The van der Waals surface area contributed by atoms with E-state index < -0.39 is 13.8 Å². The van der Waals surface area contributed by atoms with E-state index in [-0.39, 0.29) is 25.2 Å². The molecule has 0 aliphatic heterocycles. The Morgan fingerprint density at radius 2 is 1.26 bits per heavy atom. The van der Waals surface area contributed by atoms with E-state index in [1.165, 1.54) is 120 Å². The minimum absolute atomic E-state index is 0.0488. The van der Waals surface area contributed by atoms with Crippen molar-refractivity contribution < 1.29 is 32.2 Å². The first kappa shape index (κ1) is 49.3. The molecule has 0 aromatic carbocycles. The van der Waals surface area contributed by atoms with E-state index in [1.54, 1.807) is 0 Å². The van der Waals surface area contributed by atoms with Gasteiger partial charge in [0.05, 0.1) is 34.4 Å². The number of phosphoric acid groups is 1. The number of hydrogen-bond donors (Lipinski definition) is 0. The van der Waals surface area contributed by atoms with Crippen LogP contribution in [0.15, 0.2) is 58.7 Å². The van der Waals surface area contributed by atoms with Gasteiger partial charge < -0.3 is 9.22 Å². The predicted octanol–water partition coefficient (Wildman–Crippen LogP) is 13.2. The van der Waals surface area contributed by atoms with Crippen molar-refractivity contribution in [2.45, 2.75) is 164 Å². The molecule has 0 saturated heterocycles. The van der Waals surface area contributed by atoms with Crippen molar-refractivity contribution in [3.8, 4) is 0 Å².